The molecule has 0 bridgehead atoms. The number of aromatic amines is 1. The zero-order valence-corrected chi connectivity index (χ0v) is 10.8. The van der Waals surface area contributed by atoms with E-state index in [1.807, 2.05) is 6.92 Å². The molecule has 0 aliphatic carbocycles. The van der Waals surface area contributed by atoms with E-state index in [0.29, 0.717) is 24.7 Å². The maximum absolute atomic E-state index is 11.7. The summed E-state index contributed by atoms with van der Waals surface area (Å²) >= 11 is 0. The van der Waals surface area contributed by atoms with Gasteiger partial charge < -0.3 is 10.1 Å². The lowest BCUT2D eigenvalue weighted by Crippen LogP contribution is -2.12. The maximum Gasteiger partial charge on any atom is 0.316 e. The SMILES string of the molecule is COc1ncc(CCC(=O)Nc2cc(C)[nH]n2)cn1. The number of aryl methyl sites for hydroxylation is 2. The second-order valence-electron chi connectivity index (χ2n) is 4.06. The molecule has 0 spiro atoms. The van der Waals surface area contributed by atoms with Gasteiger partial charge in [0.25, 0.3) is 0 Å². The monoisotopic (exact) mass is 261 g/mol. The van der Waals surface area contributed by atoms with Gasteiger partial charge in [-0.15, -0.1) is 0 Å². The summed E-state index contributed by atoms with van der Waals surface area (Å²) in [6, 6.07) is 2.09. The van der Waals surface area contributed by atoms with Gasteiger partial charge in [-0.2, -0.15) is 5.10 Å². The summed E-state index contributed by atoms with van der Waals surface area (Å²) in [4.78, 5) is 19.6. The fourth-order valence-electron chi connectivity index (χ4n) is 1.52. The number of nitrogens with one attached hydrogen (secondary N) is 2. The number of amides is 1. The number of anilines is 1. The van der Waals surface area contributed by atoms with Crippen LogP contribution in [0.4, 0.5) is 5.82 Å². The van der Waals surface area contributed by atoms with Crippen LogP contribution >= 0.6 is 0 Å². The molecule has 0 aromatic carbocycles. The predicted molar refractivity (Wildman–Crippen MR) is 68.9 cm³/mol. The smallest absolute Gasteiger partial charge is 0.316 e. The van der Waals surface area contributed by atoms with E-state index in [2.05, 4.69) is 25.5 Å². The number of H-pyrrole nitrogens is 1. The number of methoxy groups -OCH3 is 1. The first kappa shape index (κ1) is 13.0. The molecule has 0 unspecified atom stereocenters. The summed E-state index contributed by atoms with van der Waals surface area (Å²) in [5, 5.41) is 9.41. The van der Waals surface area contributed by atoms with Gasteiger partial charge in [0.05, 0.1) is 7.11 Å². The summed E-state index contributed by atoms with van der Waals surface area (Å²) in [7, 11) is 1.51. The van der Waals surface area contributed by atoms with E-state index >= 15 is 0 Å². The minimum absolute atomic E-state index is 0.0951. The van der Waals surface area contributed by atoms with Crippen LogP contribution in [-0.4, -0.2) is 33.2 Å². The standard InChI is InChI=1S/C12H15N5O2/c1-8-5-10(17-16-8)15-11(18)4-3-9-6-13-12(19-2)14-7-9/h5-7H,3-4H2,1-2H3,(H2,15,16,17,18). The van der Waals surface area contributed by atoms with Crippen molar-refractivity contribution in [1.82, 2.24) is 20.2 Å². The van der Waals surface area contributed by atoms with Gasteiger partial charge in [-0.3, -0.25) is 9.89 Å². The normalized spacial score (nSPS) is 10.2. The third kappa shape index (κ3) is 3.77. The second kappa shape index (κ2) is 5.94. The van der Waals surface area contributed by atoms with Gasteiger partial charge in [0, 0.05) is 30.6 Å². The van der Waals surface area contributed by atoms with Crippen LogP contribution in [0, 0.1) is 6.92 Å². The van der Waals surface area contributed by atoms with E-state index in [1.54, 1.807) is 18.5 Å². The van der Waals surface area contributed by atoms with E-state index in [0.717, 1.165) is 11.3 Å². The Morgan fingerprint density at radius 2 is 2.16 bits per heavy atom. The first-order valence-corrected chi connectivity index (χ1v) is 5.84. The number of ether oxygens (including phenoxy) is 1. The summed E-state index contributed by atoms with van der Waals surface area (Å²) < 4.78 is 4.86. The van der Waals surface area contributed by atoms with Crippen molar-refractivity contribution in [2.45, 2.75) is 19.8 Å². The molecule has 0 fully saturated rings. The topological polar surface area (TPSA) is 92.8 Å². The highest BCUT2D eigenvalue weighted by molar-refractivity contribution is 5.89. The molecule has 7 nitrogen and oxygen atoms in total. The second-order valence-corrected chi connectivity index (χ2v) is 4.06. The van der Waals surface area contributed by atoms with Gasteiger partial charge >= 0.3 is 6.01 Å². The summed E-state index contributed by atoms with van der Waals surface area (Å²) in [6.45, 7) is 1.87. The quantitative estimate of drug-likeness (QED) is 0.840. The molecule has 2 rings (SSSR count). The molecule has 0 aliphatic heterocycles. The first-order valence-electron chi connectivity index (χ1n) is 5.84. The van der Waals surface area contributed by atoms with E-state index in [9.17, 15) is 4.79 Å². The fourth-order valence-corrected chi connectivity index (χ4v) is 1.52. The molecular weight excluding hydrogens is 246 g/mol. The average Bonchev–Trinajstić information content (AvgIpc) is 2.82. The first-order chi connectivity index (χ1) is 9.17. The van der Waals surface area contributed by atoms with Crippen LogP contribution in [0.3, 0.4) is 0 Å². The van der Waals surface area contributed by atoms with E-state index in [1.165, 1.54) is 7.11 Å². The predicted octanol–water partition coefficient (Wildman–Crippen LogP) is 1.09. The number of rotatable bonds is 5. The van der Waals surface area contributed by atoms with Crippen molar-refractivity contribution in [1.29, 1.82) is 0 Å². The zero-order valence-electron chi connectivity index (χ0n) is 10.8. The van der Waals surface area contributed by atoms with Gasteiger partial charge in [0.2, 0.25) is 5.91 Å². The van der Waals surface area contributed by atoms with Crippen molar-refractivity contribution in [3.05, 3.63) is 29.7 Å². The van der Waals surface area contributed by atoms with Crippen LogP contribution in [0.2, 0.25) is 0 Å². The number of carbonyl (C=O) groups excluding carboxylic acids is 1. The van der Waals surface area contributed by atoms with E-state index in [4.69, 9.17) is 4.74 Å². The Morgan fingerprint density at radius 3 is 2.74 bits per heavy atom. The number of aromatic nitrogens is 4. The van der Waals surface area contributed by atoms with Gasteiger partial charge in [-0.05, 0) is 18.9 Å². The molecule has 0 saturated carbocycles. The lowest BCUT2D eigenvalue weighted by molar-refractivity contribution is -0.116. The van der Waals surface area contributed by atoms with Crippen LogP contribution in [0.15, 0.2) is 18.5 Å². The number of nitrogens with zero attached hydrogens (tertiary/aromatic N) is 3. The van der Waals surface area contributed by atoms with Gasteiger partial charge in [0.1, 0.15) is 0 Å². The third-order valence-corrected chi connectivity index (χ3v) is 2.48. The molecule has 2 N–H and O–H groups in total. The molecule has 0 atom stereocenters. The van der Waals surface area contributed by atoms with Crippen LogP contribution < -0.4 is 10.1 Å². The summed E-state index contributed by atoms with van der Waals surface area (Å²) in [5.41, 5.74) is 1.79. The molecule has 2 aromatic heterocycles. The molecule has 7 heteroatoms. The Bertz CT molecular complexity index is 550. The van der Waals surface area contributed by atoms with Gasteiger partial charge in [0.15, 0.2) is 5.82 Å². The highest BCUT2D eigenvalue weighted by Crippen LogP contribution is 2.07. The minimum atomic E-state index is -0.0951. The zero-order chi connectivity index (χ0) is 13.7. The number of hydrogen-bond donors (Lipinski definition) is 2. The molecule has 19 heavy (non-hydrogen) atoms. The molecule has 2 heterocycles. The van der Waals surface area contributed by atoms with Gasteiger partial charge in [-0.1, -0.05) is 0 Å². The Balaban J connectivity index is 1.82. The van der Waals surface area contributed by atoms with E-state index < -0.39 is 0 Å². The summed E-state index contributed by atoms with van der Waals surface area (Å²) in [6.07, 6.45) is 4.22. The Kier molecular flexibility index (Phi) is 4.07. The molecule has 1 amide bonds. The largest absolute Gasteiger partial charge is 0.467 e. The van der Waals surface area contributed by atoms with Crippen LogP contribution in [0.25, 0.3) is 0 Å². The van der Waals surface area contributed by atoms with Crippen molar-refractivity contribution >= 4 is 11.7 Å². The third-order valence-electron chi connectivity index (χ3n) is 2.48. The molecule has 0 radical (unpaired) electrons. The van der Waals surface area contributed by atoms with Crippen molar-refractivity contribution in [2.75, 3.05) is 12.4 Å². The number of hydrogen-bond acceptors (Lipinski definition) is 5. The van der Waals surface area contributed by atoms with Crippen LogP contribution in [0.1, 0.15) is 17.7 Å². The van der Waals surface area contributed by atoms with Crippen molar-refractivity contribution < 1.29 is 9.53 Å². The minimum Gasteiger partial charge on any atom is -0.467 e. The van der Waals surface area contributed by atoms with Crippen molar-refractivity contribution in [3.8, 4) is 6.01 Å². The Hall–Kier alpha value is -2.44. The number of carbonyl (C=O) groups is 1. The molecular formula is C12H15N5O2. The Morgan fingerprint density at radius 1 is 1.42 bits per heavy atom. The lowest BCUT2D eigenvalue weighted by atomic mass is 10.2. The molecule has 100 valence electrons. The highest BCUT2D eigenvalue weighted by atomic mass is 16.5. The highest BCUT2D eigenvalue weighted by Gasteiger charge is 2.06. The van der Waals surface area contributed by atoms with Crippen LogP contribution in [-0.2, 0) is 11.2 Å². The van der Waals surface area contributed by atoms with Crippen LogP contribution in [0.5, 0.6) is 6.01 Å². The average molecular weight is 261 g/mol. The Labute approximate surface area is 110 Å². The van der Waals surface area contributed by atoms with E-state index in [-0.39, 0.29) is 5.91 Å². The lowest BCUT2D eigenvalue weighted by Gasteiger charge is -2.02. The molecule has 0 aliphatic rings. The maximum atomic E-state index is 11.7. The fraction of sp³-hybridized carbons (Fsp3) is 0.333. The molecule has 2 aromatic rings. The van der Waals surface area contributed by atoms with Crippen molar-refractivity contribution in [2.24, 2.45) is 0 Å². The van der Waals surface area contributed by atoms with Gasteiger partial charge in [-0.25, -0.2) is 9.97 Å². The summed E-state index contributed by atoms with van der Waals surface area (Å²) in [5.74, 6) is 0.441. The van der Waals surface area contributed by atoms with Crippen molar-refractivity contribution in [3.63, 3.8) is 0 Å². The molecule has 0 saturated heterocycles.